The number of H-pyrrole nitrogens is 1. The molecule has 48 heavy (non-hydrogen) atoms. The van der Waals surface area contributed by atoms with Gasteiger partial charge in [0.25, 0.3) is 0 Å². The molecule has 6 rings (SSSR count). The first-order valence-corrected chi connectivity index (χ1v) is 16.2. The number of nitrogens with zero attached hydrogens (tertiary/aromatic N) is 1. The van der Waals surface area contributed by atoms with Gasteiger partial charge in [-0.3, -0.25) is 14.4 Å². The summed E-state index contributed by atoms with van der Waals surface area (Å²) in [5.74, 6) is 2.18. The number of carbonyl (C=O) groups is 2. The van der Waals surface area contributed by atoms with Crippen molar-refractivity contribution in [3.05, 3.63) is 75.1 Å². The van der Waals surface area contributed by atoms with Crippen LogP contribution in [0.4, 0.5) is 5.69 Å². The fourth-order valence-corrected chi connectivity index (χ4v) is 7.01. The molecule has 4 aromatic rings. The van der Waals surface area contributed by atoms with Crippen LogP contribution in [-0.2, 0) is 29.0 Å². The summed E-state index contributed by atoms with van der Waals surface area (Å²) in [6, 6.07) is 12.7. The summed E-state index contributed by atoms with van der Waals surface area (Å²) in [4.78, 5) is 44.5. The van der Waals surface area contributed by atoms with Crippen LogP contribution in [0.1, 0.15) is 54.6 Å². The smallest absolute Gasteiger partial charge is 0.222 e. The largest absolute Gasteiger partial charge is 0.497 e. The molecule has 2 amide bonds. The molecular formula is C37H42N4O7. The number of carbonyl (C=O) groups excluding carboxylic acids is 2. The zero-order valence-corrected chi connectivity index (χ0v) is 28.1. The van der Waals surface area contributed by atoms with Crippen molar-refractivity contribution < 1.29 is 28.5 Å². The molecule has 1 aliphatic carbocycles. The number of benzene rings is 2. The van der Waals surface area contributed by atoms with E-state index < -0.39 is 0 Å². The molecule has 0 saturated heterocycles. The fraction of sp³-hybridized carbons (Fsp3) is 0.378. The van der Waals surface area contributed by atoms with E-state index in [1.54, 1.807) is 40.6 Å². The minimum Gasteiger partial charge on any atom is -0.497 e. The highest BCUT2D eigenvalue weighted by Crippen LogP contribution is 2.50. The number of fused-ring (bicyclic) bond motifs is 6. The van der Waals surface area contributed by atoms with Gasteiger partial charge in [-0.15, -0.1) is 0 Å². The molecule has 0 unspecified atom stereocenters. The van der Waals surface area contributed by atoms with E-state index in [-0.39, 0.29) is 23.3 Å². The Labute approximate surface area is 279 Å². The molecule has 1 aromatic heterocycles. The molecule has 1 atom stereocenters. The molecular weight excluding hydrogens is 612 g/mol. The Hall–Kier alpha value is -5.19. The highest BCUT2D eigenvalue weighted by Gasteiger charge is 2.30. The first-order valence-electron chi connectivity index (χ1n) is 16.2. The number of anilines is 1. The summed E-state index contributed by atoms with van der Waals surface area (Å²) in [5, 5.41) is 7.38. The predicted molar refractivity (Wildman–Crippen MR) is 184 cm³/mol. The van der Waals surface area contributed by atoms with Gasteiger partial charge in [0.05, 0.1) is 40.2 Å². The van der Waals surface area contributed by atoms with Crippen molar-refractivity contribution in [2.45, 2.75) is 51.6 Å². The quantitative estimate of drug-likeness (QED) is 0.201. The molecule has 11 nitrogen and oxygen atoms in total. The van der Waals surface area contributed by atoms with Crippen molar-refractivity contribution in [2.24, 2.45) is 0 Å². The lowest BCUT2D eigenvalue weighted by Gasteiger charge is -2.27. The van der Waals surface area contributed by atoms with E-state index in [9.17, 15) is 14.4 Å². The molecule has 0 fully saturated rings. The Bertz CT molecular complexity index is 1940. The van der Waals surface area contributed by atoms with Gasteiger partial charge in [0.1, 0.15) is 5.75 Å². The number of aromatic nitrogens is 1. The third kappa shape index (κ3) is 6.24. The summed E-state index contributed by atoms with van der Waals surface area (Å²) in [5.41, 5.74) is 6.77. The SMILES string of the molecule is COc1ccc2[nH]c3c(c2c1)CN(C(=O)CCCNc1ccc2c(cc1=O)[C@H](NC(C)=O)CCc1cc(OC)c(OC)c(OC)c1-2)CC3. The van der Waals surface area contributed by atoms with Gasteiger partial charge in [0, 0.05) is 67.1 Å². The number of aryl methyl sites for hydroxylation is 1. The van der Waals surface area contributed by atoms with E-state index in [0.29, 0.717) is 73.8 Å². The maximum absolute atomic E-state index is 13.6. The minimum absolute atomic E-state index is 0.0820. The maximum Gasteiger partial charge on any atom is 0.222 e. The zero-order chi connectivity index (χ0) is 33.9. The molecule has 0 radical (unpaired) electrons. The normalized spacial score (nSPS) is 15.0. The van der Waals surface area contributed by atoms with E-state index >= 15 is 0 Å². The lowest BCUT2D eigenvalue weighted by atomic mass is 9.95. The number of nitrogens with one attached hydrogen (secondary N) is 3. The predicted octanol–water partition coefficient (Wildman–Crippen LogP) is 5.13. The van der Waals surface area contributed by atoms with Crippen molar-refractivity contribution in [3.63, 3.8) is 0 Å². The van der Waals surface area contributed by atoms with Gasteiger partial charge < -0.3 is 39.5 Å². The molecule has 3 aromatic carbocycles. The molecule has 0 saturated carbocycles. The van der Waals surface area contributed by atoms with Crippen LogP contribution in [0.3, 0.4) is 0 Å². The lowest BCUT2D eigenvalue weighted by molar-refractivity contribution is -0.132. The van der Waals surface area contributed by atoms with Gasteiger partial charge in [0.15, 0.2) is 11.5 Å². The monoisotopic (exact) mass is 654 g/mol. The Morgan fingerprint density at radius 3 is 2.50 bits per heavy atom. The molecule has 1 aliphatic heterocycles. The number of hydrogen-bond donors (Lipinski definition) is 3. The lowest BCUT2D eigenvalue weighted by Crippen LogP contribution is -2.35. The van der Waals surface area contributed by atoms with Crippen LogP contribution in [0.25, 0.3) is 22.0 Å². The second-order valence-corrected chi connectivity index (χ2v) is 12.2. The van der Waals surface area contributed by atoms with Crippen LogP contribution in [0.5, 0.6) is 23.0 Å². The van der Waals surface area contributed by atoms with Crippen LogP contribution >= 0.6 is 0 Å². The molecule has 3 N–H and O–H groups in total. The number of methoxy groups -OCH3 is 4. The number of rotatable bonds is 10. The van der Waals surface area contributed by atoms with Crippen molar-refractivity contribution >= 4 is 28.4 Å². The van der Waals surface area contributed by atoms with Gasteiger partial charge in [-0.25, -0.2) is 0 Å². The third-order valence-corrected chi connectivity index (χ3v) is 9.33. The van der Waals surface area contributed by atoms with E-state index in [2.05, 4.69) is 15.6 Å². The van der Waals surface area contributed by atoms with Crippen molar-refractivity contribution in [1.82, 2.24) is 15.2 Å². The summed E-state index contributed by atoms with van der Waals surface area (Å²) >= 11 is 0. The second kappa shape index (κ2) is 13.9. The minimum atomic E-state index is -0.388. The average molecular weight is 655 g/mol. The van der Waals surface area contributed by atoms with Crippen molar-refractivity contribution in [2.75, 3.05) is 46.8 Å². The van der Waals surface area contributed by atoms with E-state index in [1.807, 2.05) is 35.2 Å². The first kappa shape index (κ1) is 32.7. The van der Waals surface area contributed by atoms with Crippen molar-refractivity contribution in [3.8, 4) is 34.1 Å². The fourth-order valence-electron chi connectivity index (χ4n) is 7.01. The average Bonchev–Trinajstić information content (AvgIpc) is 3.29. The van der Waals surface area contributed by atoms with Crippen LogP contribution < -0.4 is 35.0 Å². The topological polar surface area (TPSA) is 131 Å². The maximum atomic E-state index is 13.6. The number of hydrogen-bond acceptors (Lipinski definition) is 8. The van der Waals surface area contributed by atoms with Gasteiger partial charge in [-0.2, -0.15) is 0 Å². The van der Waals surface area contributed by atoms with Gasteiger partial charge in [-0.1, -0.05) is 6.07 Å². The number of aromatic amines is 1. The molecule has 252 valence electrons. The Morgan fingerprint density at radius 1 is 0.958 bits per heavy atom. The third-order valence-electron chi connectivity index (χ3n) is 9.33. The van der Waals surface area contributed by atoms with E-state index in [1.165, 1.54) is 12.6 Å². The molecule has 0 spiro atoms. The summed E-state index contributed by atoms with van der Waals surface area (Å²) in [6.45, 7) is 3.13. The van der Waals surface area contributed by atoms with Crippen molar-refractivity contribution in [1.29, 1.82) is 0 Å². The van der Waals surface area contributed by atoms with Crippen LogP contribution in [-0.4, -0.2) is 63.2 Å². The number of amides is 2. The molecule has 11 heteroatoms. The number of ether oxygens (including phenoxy) is 4. The molecule has 2 heterocycles. The van der Waals surface area contributed by atoms with E-state index in [0.717, 1.165) is 45.3 Å². The van der Waals surface area contributed by atoms with Gasteiger partial charge in [0.2, 0.25) is 23.0 Å². The van der Waals surface area contributed by atoms with Gasteiger partial charge >= 0.3 is 0 Å². The van der Waals surface area contributed by atoms with Gasteiger partial charge in [-0.05, 0) is 72.4 Å². The standard InChI is InChI=1S/C37H42N4O7/c1-21(42)39-28-11-8-22-17-33(46-3)36(47-4)37(48-5)35(22)24-10-13-31(32(43)19-26(24)28)38-15-6-7-34(44)41-16-14-30-27(20-41)25-18-23(45-2)9-12-29(25)40-30/h9-10,12-13,17-19,28,40H,6-8,11,14-16,20H2,1-5H3,(H,38,43)(H,39,42)/t28-/m1/s1. The van der Waals surface area contributed by atoms with Crippen LogP contribution in [0.15, 0.2) is 47.3 Å². The summed E-state index contributed by atoms with van der Waals surface area (Å²) < 4.78 is 22.6. The second-order valence-electron chi connectivity index (χ2n) is 12.2. The summed E-state index contributed by atoms with van der Waals surface area (Å²) in [7, 11) is 6.36. The van der Waals surface area contributed by atoms with E-state index in [4.69, 9.17) is 18.9 Å². The molecule has 0 bridgehead atoms. The highest BCUT2D eigenvalue weighted by molar-refractivity contribution is 5.87. The van der Waals surface area contributed by atoms with Crippen LogP contribution in [0, 0.1) is 0 Å². The Morgan fingerprint density at radius 2 is 1.77 bits per heavy atom. The zero-order valence-electron chi connectivity index (χ0n) is 28.1. The summed E-state index contributed by atoms with van der Waals surface area (Å²) in [6.07, 6.45) is 2.89. The molecule has 2 aliphatic rings. The highest BCUT2D eigenvalue weighted by atomic mass is 16.5. The Kier molecular flexibility index (Phi) is 9.47. The Balaban J connectivity index is 1.21. The first-order chi connectivity index (χ1) is 23.3. The van der Waals surface area contributed by atoms with Crippen LogP contribution in [0.2, 0.25) is 0 Å².